The Balaban J connectivity index is 1.08. The maximum absolute atomic E-state index is 2.34. The minimum atomic E-state index is 1.07. The van der Waals surface area contributed by atoms with Crippen LogP contribution in [0.25, 0.3) is 0 Å². The molecule has 0 unspecified atom stereocenters. The van der Waals surface area contributed by atoms with Gasteiger partial charge >= 0.3 is 0 Å². The van der Waals surface area contributed by atoms with Crippen molar-refractivity contribution < 1.29 is 0 Å². The van der Waals surface area contributed by atoms with Crippen molar-refractivity contribution in [3.8, 4) is 0 Å². The molecule has 0 spiro atoms. The van der Waals surface area contributed by atoms with Gasteiger partial charge in [0.25, 0.3) is 0 Å². The van der Waals surface area contributed by atoms with Gasteiger partial charge in [-0.3, -0.25) is 0 Å². The van der Waals surface area contributed by atoms with Crippen LogP contribution < -0.4 is 19.6 Å². The van der Waals surface area contributed by atoms with Crippen LogP contribution in [0.15, 0.2) is 231 Å². The third kappa shape index (κ3) is 8.58. The molecule has 0 heterocycles. The summed E-state index contributed by atoms with van der Waals surface area (Å²) in [5.74, 6) is 0. The SMILES string of the molecule is Cc1ccc(N(c2ccccc2)c2ccc(N(c3ccc(N(c4ccc(N(c5ccccc5)c5ccc(C)cc5)cc4)c4cccc(C)c4)cc3)c3cccc(C)c3)cc2)cc1. The Morgan fingerprint density at radius 3 is 0.645 bits per heavy atom. The van der Waals surface area contributed by atoms with Gasteiger partial charge in [-0.05, 0) is 184 Å². The van der Waals surface area contributed by atoms with Gasteiger partial charge in [-0.25, -0.2) is 0 Å². The number of rotatable bonds is 12. The predicted molar refractivity (Wildman–Crippen MR) is 264 cm³/mol. The van der Waals surface area contributed by atoms with Crippen LogP contribution in [0.4, 0.5) is 68.2 Å². The number of nitrogens with zero attached hydrogens (tertiary/aromatic N) is 4. The zero-order chi connectivity index (χ0) is 42.4. The van der Waals surface area contributed by atoms with E-state index in [0.29, 0.717) is 0 Å². The Bertz CT molecular complexity index is 2650. The summed E-state index contributed by atoms with van der Waals surface area (Å²) in [7, 11) is 0. The van der Waals surface area contributed by atoms with Crippen molar-refractivity contribution in [2.45, 2.75) is 27.7 Å². The molecule has 9 aromatic carbocycles. The summed E-state index contributed by atoms with van der Waals surface area (Å²) in [6.45, 7) is 8.56. The average molecular weight is 803 g/mol. The van der Waals surface area contributed by atoms with Gasteiger partial charge in [0, 0.05) is 68.2 Å². The number of para-hydroxylation sites is 2. The van der Waals surface area contributed by atoms with Crippen LogP contribution in [-0.2, 0) is 0 Å². The monoisotopic (exact) mass is 802 g/mol. The highest BCUT2D eigenvalue weighted by atomic mass is 15.2. The van der Waals surface area contributed by atoms with Crippen LogP contribution in [0, 0.1) is 27.7 Å². The van der Waals surface area contributed by atoms with Crippen molar-refractivity contribution in [3.63, 3.8) is 0 Å². The van der Waals surface area contributed by atoms with Gasteiger partial charge in [-0.15, -0.1) is 0 Å². The molecule has 0 saturated carbocycles. The molecule has 62 heavy (non-hydrogen) atoms. The Kier molecular flexibility index (Phi) is 11.4. The summed E-state index contributed by atoms with van der Waals surface area (Å²) in [4.78, 5) is 9.30. The molecule has 0 fully saturated rings. The molecule has 0 amide bonds. The van der Waals surface area contributed by atoms with Gasteiger partial charge < -0.3 is 19.6 Å². The second-order valence-corrected chi connectivity index (χ2v) is 15.9. The first-order valence-corrected chi connectivity index (χ1v) is 21.3. The summed E-state index contributed by atoms with van der Waals surface area (Å²) in [5.41, 5.74) is 18.0. The fraction of sp³-hybridized carbons (Fsp3) is 0.0690. The standard InChI is InChI=1S/C58H50N4/c1-43-21-25-49(26-22-43)59(47-15-7-5-8-16-47)51-29-33-53(34-30-51)61(57-19-11-13-45(3)41-57)55-37-39-56(40-38-55)62(58-20-12-14-46(4)42-58)54-35-31-52(32-36-54)60(48-17-9-6-10-18-48)50-27-23-44(2)24-28-50/h5-42H,1-4H3. The zero-order valence-electron chi connectivity index (χ0n) is 35.7. The van der Waals surface area contributed by atoms with Crippen molar-refractivity contribution in [1.82, 2.24) is 0 Å². The first-order valence-electron chi connectivity index (χ1n) is 21.3. The third-order valence-corrected chi connectivity index (χ3v) is 11.2. The molecular weight excluding hydrogens is 753 g/mol. The number of aryl methyl sites for hydroxylation is 4. The second-order valence-electron chi connectivity index (χ2n) is 15.9. The van der Waals surface area contributed by atoms with Crippen LogP contribution in [0.5, 0.6) is 0 Å². The van der Waals surface area contributed by atoms with Gasteiger partial charge in [-0.2, -0.15) is 0 Å². The summed E-state index contributed by atoms with van der Waals surface area (Å²) in [6.07, 6.45) is 0. The van der Waals surface area contributed by atoms with E-state index < -0.39 is 0 Å². The highest BCUT2D eigenvalue weighted by Gasteiger charge is 2.19. The van der Waals surface area contributed by atoms with Crippen molar-refractivity contribution >= 4 is 68.2 Å². The lowest BCUT2D eigenvalue weighted by atomic mass is 10.1. The average Bonchev–Trinajstić information content (AvgIpc) is 3.30. The third-order valence-electron chi connectivity index (χ3n) is 11.2. The van der Waals surface area contributed by atoms with E-state index in [-0.39, 0.29) is 0 Å². The Morgan fingerprint density at radius 2 is 0.387 bits per heavy atom. The van der Waals surface area contributed by atoms with Gasteiger partial charge in [0.1, 0.15) is 0 Å². The first kappa shape index (κ1) is 39.6. The summed E-state index contributed by atoms with van der Waals surface area (Å²) in [6, 6.07) is 82.8. The predicted octanol–water partition coefficient (Wildman–Crippen LogP) is 16.8. The van der Waals surface area contributed by atoms with Crippen LogP contribution in [0.1, 0.15) is 22.3 Å². The molecule has 0 atom stereocenters. The highest BCUT2D eigenvalue weighted by molar-refractivity contribution is 5.85. The van der Waals surface area contributed by atoms with E-state index in [2.05, 4.69) is 278 Å². The first-order chi connectivity index (χ1) is 30.4. The van der Waals surface area contributed by atoms with E-state index in [9.17, 15) is 0 Å². The molecule has 0 aliphatic rings. The maximum Gasteiger partial charge on any atom is 0.0464 e. The smallest absolute Gasteiger partial charge is 0.0464 e. The van der Waals surface area contributed by atoms with Gasteiger partial charge in [0.2, 0.25) is 0 Å². The molecule has 0 radical (unpaired) electrons. The zero-order valence-corrected chi connectivity index (χ0v) is 35.7. The Hall–Kier alpha value is -7.82. The quantitative estimate of drug-likeness (QED) is 0.122. The summed E-state index contributed by atoms with van der Waals surface area (Å²) < 4.78 is 0. The lowest BCUT2D eigenvalue weighted by Crippen LogP contribution is -2.13. The molecule has 0 bridgehead atoms. The van der Waals surface area contributed by atoms with Crippen LogP contribution in [-0.4, -0.2) is 0 Å². The number of benzene rings is 9. The lowest BCUT2D eigenvalue weighted by Gasteiger charge is -2.30. The lowest BCUT2D eigenvalue weighted by molar-refractivity contribution is 1.23. The fourth-order valence-electron chi connectivity index (χ4n) is 8.12. The topological polar surface area (TPSA) is 13.0 Å². The van der Waals surface area contributed by atoms with Crippen molar-refractivity contribution in [3.05, 3.63) is 253 Å². The summed E-state index contributed by atoms with van der Waals surface area (Å²) in [5, 5.41) is 0. The van der Waals surface area contributed by atoms with E-state index in [4.69, 9.17) is 0 Å². The normalized spacial score (nSPS) is 10.9. The molecule has 0 aromatic heterocycles. The molecular formula is C58H50N4. The Labute approximate surface area is 366 Å². The van der Waals surface area contributed by atoms with Crippen LogP contribution >= 0.6 is 0 Å². The molecule has 4 heteroatoms. The number of hydrogen-bond donors (Lipinski definition) is 0. The second kappa shape index (κ2) is 17.8. The minimum absolute atomic E-state index is 1.07. The fourth-order valence-corrected chi connectivity index (χ4v) is 8.12. The molecule has 302 valence electrons. The van der Waals surface area contributed by atoms with Crippen molar-refractivity contribution in [2.24, 2.45) is 0 Å². The van der Waals surface area contributed by atoms with E-state index in [1.54, 1.807) is 0 Å². The number of hydrogen-bond acceptors (Lipinski definition) is 4. The van der Waals surface area contributed by atoms with E-state index in [0.717, 1.165) is 68.2 Å². The van der Waals surface area contributed by atoms with Crippen LogP contribution in [0.2, 0.25) is 0 Å². The van der Waals surface area contributed by atoms with Gasteiger partial charge in [-0.1, -0.05) is 96.1 Å². The highest BCUT2D eigenvalue weighted by Crippen LogP contribution is 2.43. The molecule has 0 aliphatic heterocycles. The van der Waals surface area contributed by atoms with Gasteiger partial charge in [0.05, 0.1) is 0 Å². The van der Waals surface area contributed by atoms with Gasteiger partial charge in [0.15, 0.2) is 0 Å². The Morgan fingerprint density at radius 1 is 0.177 bits per heavy atom. The van der Waals surface area contributed by atoms with E-state index in [1.807, 2.05) is 0 Å². The summed E-state index contributed by atoms with van der Waals surface area (Å²) >= 11 is 0. The molecule has 4 nitrogen and oxygen atoms in total. The van der Waals surface area contributed by atoms with Crippen molar-refractivity contribution in [2.75, 3.05) is 19.6 Å². The molecule has 0 N–H and O–H groups in total. The molecule has 9 aromatic rings. The van der Waals surface area contributed by atoms with Crippen LogP contribution in [0.3, 0.4) is 0 Å². The molecule has 0 aliphatic carbocycles. The maximum atomic E-state index is 2.34. The van der Waals surface area contributed by atoms with E-state index >= 15 is 0 Å². The minimum Gasteiger partial charge on any atom is -0.311 e. The molecule has 0 saturated heterocycles. The van der Waals surface area contributed by atoms with E-state index in [1.165, 1.54) is 22.3 Å². The van der Waals surface area contributed by atoms with Crippen molar-refractivity contribution in [1.29, 1.82) is 0 Å². The molecule has 9 rings (SSSR count). The number of anilines is 12. The largest absolute Gasteiger partial charge is 0.311 e.